The number of carboxylic acid groups (broad SMARTS) is 1. The normalized spacial score (nSPS) is 31.3. The number of fused-ring (bicyclic) bond motifs is 1. The van der Waals surface area contributed by atoms with Gasteiger partial charge in [-0.3, -0.25) is 9.59 Å². The first kappa shape index (κ1) is 16.8. The van der Waals surface area contributed by atoms with Gasteiger partial charge in [0.1, 0.15) is 5.65 Å². The Balaban J connectivity index is 1.29. The highest BCUT2D eigenvalue weighted by Crippen LogP contribution is 2.59. The maximum Gasteiger partial charge on any atom is 0.309 e. The summed E-state index contributed by atoms with van der Waals surface area (Å²) in [4.78, 5) is 27.9. The molecule has 2 N–H and O–H groups in total. The molecule has 6 rings (SSSR count). The standard InChI is InChI=1S/C21H25N3O3/c25-19(26)6-17-11-24-10-16(1-2-18(24)23-17)20(27)22-12-21-7-13-3-14(8-21)5-15(4-13)9-21/h1-2,10-11,13-15H,3-9,12H2,(H,22,27)(H,25,26). The van der Waals surface area contributed by atoms with Crippen molar-refractivity contribution in [2.75, 3.05) is 6.54 Å². The van der Waals surface area contributed by atoms with Crippen LogP contribution in [0.1, 0.15) is 54.6 Å². The Morgan fingerprint density at radius 1 is 1.11 bits per heavy atom. The fourth-order valence-electron chi connectivity index (χ4n) is 6.30. The summed E-state index contributed by atoms with van der Waals surface area (Å²) < 4.78 is 1.73. The van der Waals surface area contributed by atoms with Crippen LogP contribution in [0.5, 0.6) is 0 Å². The molecule has 2 aromatic heterocycles. The first-order chi connectivity index (χ1) is 13.0. The van der Waals surface area contributed by atoms with E-state index in [1.54, 1.807) is 28.9 Å². The van der Waals surface area contributed by atoms with Gasteiger partial charge in [-0.15, -0.1) is 0 Å². The zero-order valence-electron chi connectivity index (χ0n) is 15.4. The van der Waals surface area contributed by atoms with Gasteiger partial charge in [-0.2, -0.15) is 0 Å². The first-order valence-corrected chi connectivity index (χ1v) is 9.96. The Kier molecular flexibility index (Phi) is 3.78. The van der Waals surface area contributed by atoms with Gasteiger partial charge in [0, 0.05) is 18.9 Å². The lowest BCUT2D eigenvalue weighted by atomic mass is 9.49. The van der Waals surface area contributed by atoms with E-state index in [0.29, 0.717) is 22.3 Å². The van der Waals surface area contributed by atoms with Crippen LogP contribution in [0.25, 0.3) is 5.65 Å². The molecular weight excluding hydrogens is 342 g/mol. The third-order valence-electron chi connectivity index (χ3n) is 6.88. The highest BCUT2D eigenvalue weighted by atomic mass is 16.4. The van der Waals surface area contributed by atoms with Gasteiger partial charge in [0.15, 0.2) is 0 Å². The van der Waals surface area contributed by atoms with E-state index >= 15 is 0 Å². The van der Waals surface area contributed by atoms with Crippen molar-refractivity contribution < 1.29 is 14.7 Å². The van der Waals surface area contributed by atoms with Crippen molar-refractivity contribution in [1.29, 1.82) is 0 Å². The molecule has 0 atom stereocenters. The number of hydrogen-bond donors (Lipinski definition) is 2. The smallest absolute Gasteiger partial charge is 0.309 e. The van der Waals surface area contributed by atoms with Crippen molar-refractivity contribution in [2.45, 2.75) is 44.9 Å². The van der Waals surface area contributed by atoms with Gasteiger partial charge in [-0.1, -0.05) is 0 Å². The molecule has 2 heterocycles. The number of nitrogens with zero attached hydrogens (tertiary/aromatic N) is 2. The predicted octanol–water partition coefficient (Wildman–Crippen LogP) is 2.91. The fourth-order valence-corrected chi connectivity index (χ4v) is 6.30. The molecule has 4 bridgehead atoms. The van der Waals surface area contributed by atoms with Gasteiger partial charge in [-0.05, 0) is 73.8 Å². The second-order valence-corrected chi connectivity index (χ2v) is 9.09. The number of amides is 1. The quantitative estimate of drug-likeness (QED) is 0.851. The van der Waals surface area contributed by atoms with E-state index in [4.69, 9.17) is 5.11 Å². The molecule has 0 saturated heterocycles. The molecule has 6 nitrogen and oxygen atoms in total. The van der Waals surface area contributed by atoms with Crippen molar-refractivity contribution in [3.05, 3.63) is 35.8 Å². The van der Waals surface area contributed by atoms with E-state index in [2.05, 4.69) is 10.3 Å². The van der Waals surface area contributed by atoms with Gasteiger partial charge in [0.05, 0.1) is 17.7 Å². The molecule has 4 fully saturated rings. The molecule has 4 saturated carbocycles. The largest absolute Gasteiger partial charge is 0.481 e. The molecule has 2 aromatic rings. The van der Waals surface area contributed by atoms with Crippen molar-refractivity contribution in [3.63, 3.8) is 0 Å². The molecular formula is C21H25N3O3. The minimum Gasteiger partial charge on any atom is -0.481 e. The predicted molar refractivity (Wildman–Crippen MR) is 99.5 cm³/mol. The SMILES string of the molecule is O=C(O)Cc1cn2cc(C(=O)NCC34CC5CC(CC(C5)C3)C4)ccc2n1. The average Bonchev–Trinajstić information content (AvgIpc) is 2.99. The Labute approximate surface area is 158 Å². The number of pyridine rings is 1. The summed E-state index contributed by atoms with van der Waals surface area (Å²) in [5.41, 5.74) is 2.06. The summed E-state index contributed by atoms with van der Waals surface area (Å²) in [6, 6.07) is 3.53. The zero-order chi connectivity index (χ0) is 18.6. The Bertz CT molecular complexity index is 881. The number of imidazole rings is 1. The molecule has 6 heteroatoms. The fraction of sp³-hybridized carbons (Fsp3) is 0.571. The monoisotopic (exact) mass is 367 g/mol. The van der Waals surface area contributed by atoms with E-state index < -0.39 is 5.97 Å². The second-order valence-electron chi connectivity index (χ2n) is 9.09. The van der Waals surface area contributed by atoms with Crippen LogP contribution < -0.4 is 5.32 Å². The van der Waals surface area contributed by atoms with Crippen molar-refractivity contribution >= 4 is 17.5 Å². The molecule has 1 amide bonds. The molecule has 0 aliphatic heterocycles. The number of carboxylic acids is 1. The van der Waals surface area contributed by atoms with Crippen molar-refractivity contribution in [2.24, 2.45) is 23.2 Å². The van der Waals surface area contributed by atoms with Crippen LogP contribution >= 0.6 is 0 Å². The minimum atomic E-state index is -0.910. The molecule has 27 heavy (non-hydrogen) atoms. The number of hydrogen-bond acceptors (Lipinski definition) is 3. The first-order valence-electron chi connectivity index (χ1n) is 9.96. The molecule has 4 aliphatic rings. The van der Waals surface area contributed by atoms with E-state index in [9.17, 15) is 9.59 Å². The van der Waals surface area contributed by atoms with E-state index in [1.165, 1.54) is 38.5 Å². The maximum atomic E-state index is 12.7. The third-order valence-corrected chi connectivity index (χ3v) is 6.88. The molecule has 0 unspecified atom stereocenters. The van der Waals surface area contributed by atoms with Crippen LogP contribution in [0.2, 0.25) is 0 Å². The van der Waals surface area contributed by atoms with Crippen molar-refractivity contribution in [3.8, 4) is 0 Å². The Hall–Kier alpha value is -2.37. The van der Waals surface area contributed by atoms with Gasteiger partial charge in [0.2, 0.25) is 0 Å². The number of aromatic nitrogens is 2. The summed E-state index contributed by atoms with van der Waals surface area (Å²) in [5.74, 6) is 1.67. The summed E-state index contributed by atoms with van der Waals surface area (Å²) in [6.45, 7) is 0.779. The third kappa shape index (κ3) is 3.11. The van der Waals surface area contributed by atoms with Crippen LogP contribution in [0.3, 0.4) is 0 Å². The summed E-state index contributed by atoms with van der Waals surface area (Å²) in [6.07, 6.45) is 11.3. The lowest BCUT2D eigenvalue weighted by Gasteiger charge is -2.56. The van der Waals surface area contributed by atoms with Crippen LogP contribution in [-0.2, 0) is 11.2 Å². The molecule has 142 valence electrons. The summed E-state index contributed by atoms with van der Waals surface area (Å²) in [5, 5.41) is 12.1. The van der Waals surface area contributed by atoms with Crippen LogP contribution in [0.4, 0.5) is 0 Å². The highest BCUT2D eigenvalue weighted by molar-refractivity contribution is 5.94. The molecule has 0 spiro atoms. The Morgan fingerprint density at radius 2 is 1.78 bits per heavy atom. The molecule has 0 radical (unpaired) electrons. The van der Waals surface area contributed by atoms with Gasteiger partial charge < -0.3 is 14.8 Å². The minimum absolute atomic E-state index is 0.0545. The number of nitrogens with one attached hydrogen (secondary N) is 1. The maximum absolute atomic E-state index is 12.7. The zero-order valence-corrected chi connectivity index (χ0v) is 15.4. The average molecular weight is 367 g/mol. The summed E-state index contributed by atoms with van der Waals surface area (Å²) >= 11 is 0. The van der Waals surface area contributed by atoms with Gasteiger partial charge in [-0.25, -0.2) is 4.98 Å². The number of aliphatic carboxylic acids is 1. The molecule has 4 aliphatic carbocycles. The number of carbonyl (C=O) groups excluding carboxylic acids is 1. The van der Waals surface area contributed by atoms with Crippen molar-refractivity contribution in [1.82, 2.24) is 14.7 Å². The Morgan fingerprint density at radius 3 is 2.41 bits per heavy atom. The highest BCUT2D eigenvalue weighted by Gasteiger charge is 2.50. The van der Waals surface area contributed by atoms with E-state index in [0.717, 1.165) is 24.3 Å². The van der Waals surface area contributed by atoms with Crippen LogP contribution in [-0.4, -0.2) is 32.9 Å². The number of rotatable bonds is 5. The lowest BCUT2D eigenvalue weighted by Crippen LogP contribution is -2.51. The van der Waals surface area contributed by atoms with E-state index in [1.807, 2.05) is 0 Å². The van der Waals surface area contributed by atoms with Gasteiger partial charge in [0.25, 0.3) is 5.91 Å². The van der Waals surface area contributed by atoms with Gasteiger partial charge >= 0.3 is 5.97 Å². The number of carbonyl (C=O) groups is 2. The lowest BCUT2D eigenvalue weighted by molar-refractivity contribution is -0.136. The topological polar surface area (TPSA) is 83.7 Å². The molecule has 0 aromatic carbocycles. The van der Waals surface area contributed by atoms with Crippen LogP contribution in [0.15, 0.2) is 24.5 Å². The van der Waals surface area contributed by atoms with E-state index in [-0.39, 0.29) is 12.3 Å². The second kappa shape index (κ2) is 6.08. The van der Waals surface area contributed by atoms with Crippen LogP contribution in [0, 0.1) is 23.2 Å². The summed E-state index contributed by atoms with van der Waals surface area (Å²) in [7, 11) is 0.